The normalized spacial score (nSPS) is 12.0. The first-order valence-electron chi connectivity index (χ1n) is 3.62. The van der Waals surface area contributed by atoms with Gasteiger partial charge in [-0.25, -0.2) is 0 Å². The fourth-order valence-electron chi connectivity index (χ4n) is 0.702. The van der Waals surface area contributed by atoms with Crippen molar-refractivity contribution in [3.8, 4) is 0 Å². The smallest absolute Gasteiger partial charge is 0.292 e. The molecule has 0 saturated heterocycles. The van der Waals surface area contributed by atoms with E-state index < -0.39 is 12.8 Å². The molecule has 0 saturated carbocycles. The van der Waals surface area contributed by atoms with E-state index in [1.165, 1.54) is 11.3 Å². The monoisotopic (exact) mass is 289 g/mol. The summed E-state index contributed by atoms with van der Waals surface area (Å²) in [5.74, 6) is 0. The van der Waals surface area contributed by atoms with Gasteiger partial charge in [-0.15, -0.1) is 11.3 Å². The Kier molecular flexibility index (Phi) is 4.36. The minimum Gasteiger partial charge on any atom is -0.292 e. The third-order valence-electron chi connectivity index (χ3n) is 1.21. The Balaban J connectivity index is 2.16. The van der Waals surface area contributed by atoms with Crippen molar-refractivity contribution in [3.05, 3.63) is 20.8 Å². The summed E-state index contributed by atoms with van der Waals surface area (Å²) in [5.41, 5.74) is 2.24. The van der Waals surface area contributed by atoms with Crippen LogP contribution in [0, 0.1) is 0 Å². The van der Waals surface area contributed by atoms with Crippen molar-refractivity contribution in [3.63, 3.8) is 0 Å². The second-order valence-electron chi connectivity index (χ2n) is 2.46. The predicted molar refractivity (Wildman–Crippen MR) is 50.9 cm³/mol. The van der Waals surface area contributed by atoms with E-state index in [2.05, 4.69) is 26.2 Å². The van der Waals surface area contributed by atoms with Crippen LogP contribution in [0.1, 0.15) is 4.88 Å². The molecule has 80 valence electrons. The SMILES string of the molecule is FC(F)(F)CONCc1cc(Br)cs1. The molecule has 0 aliphatic rings. The molecule has 0 bridgehead atoms. The van der Waals surface area contributed by atoms with Gasteiger partial charge in [0.15, 0.2) is 6.61 Å². The molecule has 1 aromatic rings. The minimum absolute atomic E-state index is 0.270. The number of rotatable bonds is 4. The molecular weight excluding hydrogens is 283 g/mol. The quantitative estimate of drug-likeness (QED) is 0.679. The average Bonchev–Trinajstić information content (AvgIpc) is 2.44. The number of hydroxylamine groups is 1. The lowest BCUT2D eigenvalue weighted by Gasteiger charge is -2.07. The highest BCUT2D eigenvalue weighted by atomic mass is 79.9. The van der Waals surface area contributed by atoms with Gasteiger partial charge in [-0.3, -0.25) is 4.84 Å². The summed E-state index contributed by atoms with van der Waals surface area (Å²) in [6, 6.07) is 1.81. The van der Waals surface area contributed by atoms with Crippen LogP contribution in [0.15, 0.2) is 15.9 Å². The molecule has 0 aliphatic heterocycles. The van der Waals surface area contributed by atoms with Gasteiger partial charge in [0.2, 0.25) is 0 Å². The molecule has 1 N–H and O–H groups in total. The van der Waals surface area contributed by atoms with E-state index >= 15 is 0 Å². The van der Waals surface area contributed by atoms with Gasteiger partial charge in [0.05, 0.1) is 6.54 Å². The van der Waals surface area contributed by atoms with Crippen molar-refractivity contribution < 1.29 is 18.0 Å². The van der Waals surface area contributed by atoms with E-state index in [-0.39, 0.29) is 6.54 Å². The van der Waals surface area contributed by atoms with Gasteiger partial charge in [0.25, 0.3) is 0 Å². The highest BCUT2D eigenvalue weighted by Gasteiger charge is 2.27. The molecule has 0 amide bonds. The summed E-state index contributed by atoms with van der Waals surface area (Å²) in [6.45, 7) is -1.01. The van der Waals surface area contributed by atoms with E-state index in [9.17, 15) is 13.2 Å². The Bertz CT molecular complexity index is 289. The Morgan fingerprint density at radius 3 is 2.71 bits per heavy atom. The molecule has 2 nitrogen and oxygen atoms in total. The third kappa shape index (κ3) is 4.94. The van der Waals surface area contributed by atoms with Gasteiger partial charge < -0.3 is 0 Å². The fraction of sp³-hybridized carbons (Fsp3) is 0.429. The molecule has 0 aliphatic carbocycles. The van der Waals surface area contributed by atoms with Crippen LogP contribution >= 0.6 is 27.3 Å². The van der Waals surface area contributed by atoms with Crippen LogP contribution in [0.25, 0.3) is 0 Å². The van der Waals surface area contributed by atoms with Gasteiger partial charge in [0.1, 0.15) is 0 Å². The summed E-state index contributed by atoms with van der Waals surface area (Å²) in [6.07, 6.45) is -4.29. The number of nitrogens with one attached hydrogen (secondary N) is 1. The topological polar surface area (TPSA) is 21.3 Å². The first-order valence-corrected chi connectivity index (χ1v) is 5.29. The van der Waals surface area contributed by atoms with Gasteiger partial charge in [0, 0.05) is 14.7 Å². The van der Waals surface area contributed by atoms with Crippen molar-refractivity contribution in [1.29, 1.82) is 0 Å². The zero-order valence-electron chi connectivity index (χ0n) is 6.90. The summed E-state index contributed by atoms with van der Waals surface area (Å²) in [7, 11) is 0. The summed E-state index contributed by atoms with van der Waals surface area (Å²) < 4.78 is 35.8. The third-order valence-corrected chi connectivity index (χ3v) is 2.90. The lowest BCUT2D eigenvalue weighted by molar-refractivity contribution is -0.190. The van der Waals surface area contributed by atoms with Crippen molar-refractivity contribution in [2.45, 2.75) is 12.7 Å². The molecule has 1 heterocycles. The Morgan fingerprint density at radius 1 is 1.50 bits per heavy atom. The standard InChI is InChI=1S/C7H7BrF3NOS/c8-5-1-6(14-3-5)2-12-13-4-7(9,10)11/h1,3,12H,2,4H2. The van der Waals surface area contributed by atoms with Crippen LogP contribution in [-0.4, -0.2) is 12.8 Å². The maximum Gasteiger partial charge on any atom is 0.413 e. The van der Waals surface area contributed by atoms with Crippen molar-refractivity contribution in [2.75, 3.05) is 6.61 Å². The zero-order valence-corrected chi connectivity index (χ0v) is 9.30. The van der Waals surface area contributed by atoms with Crippen LogP contribution in [0.2, 0.25) is 0 Å². The maximum absolute atomic E-state index is 11.6. The van der Waals surface area contributed by atoms with E-state index in [0.29, 0.717) is 0 Å². The fourth-order valence-corrected chi connectivity index (χ4v) is 2.08. The molecule has 1 rings (SSSR count). The molecule has 14 heavy (non-hydrogen) atoms. The molecule has 0 fully saturated rings. The van der Waals surface area contributed by atoms with Gasteiger partial charge >= 0.3 is 6.18 Å². The van der Waals surface area contributed by atoms with Crippen LogP contribution < -0.4 is 5.48 Å². The van der Waals surface area contributed by atoms with Crippen LogP contribution in [0.3, 0.4) is 0 Å². The minimum atomic E-state index is -4.29. The number of halogens is 4. The average molecular weight is 290 g/mol. The van der Waals surface area contributed by atoms with Gasteiger partial charge in [-0.1, -0.05) is 0 Å². The van der Waals surface area contributed by atoms with Gasteiger partial charge in [-0.2, -0.15) is 18.7 Å². The summed E-state index contributed by atoms with van der Waals surface area (Å²) in [5, 5.41) is 1.85. The Morgan fingerprint density at radius 2 is 2.21 bits per heavy atom. The van der Waals surface area contributed by atoms with Crippen molar-refractivity contribution in [2.24, 2.45) is 0 Å². The number of alkyl halides is 3. The van der Waals surface area contributed by atoms with E-state index in [1.54, 1.807) is 0 Å². The summed E-state index contributed by atoms with van der Waals surface area (Å²) >= 11 is 4.67. The molecule has 1 aromatic heterocycles. The van der Waals surface area contributed by atoms with Crippen LogP contribution in [0.5, 0.6) is 0 Å². The Hall–Kier alpha value is -0.110. The first-order chi connectivity index (χ1) is 6.47. The first kappa shape index (κ1) is 12.0. The number of thiophene rings is 1. The van der Waals surface area contributed by atoms with E-state index in [1.807, 2.05) is 11.4 Å². The number of hydrogen-bond donors (Lipinski definition) is 1. The molecule has 0 atom stereocenters. The highest BCUT2D eigenvalue weighted by Crippen LogP contribution is 2.19. The molecule has 0 aromatic carbocycles. The predicted octanol–water partition coefficient (Wildman–Crippen LogP) is 3.09. The molecule has 0 unspecified atom stereocenters. The lowest BCUT2D eigenvalue weighted by Crippen LogP contribution is -2.24. The summed E-state index contributed by atoms with van der Waals surface area (Å²) in [4.78, 5) is 5.13. The molecule has 0 radical (unpaired) electrons. The molecular formula is C7H7BrF3NOS. The van der Waals surface area contributed by atoms with Crippen molar-refractivity contribution >= 4 is 27.3 Å². The molecule has 7 heteroatoms. The largest absolute Gasteiger partial charge is 0.413 e. The Labute approximate surface area is 91.1 Å². The number of hydrogen-bond acceptors (Lipinski definition) is 3. The highest BCUT2D eigenvalue weighted by molar-refractivity contribution is 9.10. The maximum atomic E-state index is 11.6. The second-order valence-corrected chi connectivity index (χ2v) is 4.37. The zero-order chi connectivity index (χ0) is 10.6. The van der Waals surface area contributed by atoms with Crippen molar-refractivity contribution in [1.82, 2.24) is 5.48 Å². The van der Waals surface area contributed by atoms with E-state index in [0.717, 1.165) is 9.35 Å². The van der Waals surface area contributed by atoms with Gasteiger partial charge in [-0.05, 0) is 22.0 Å². The van der Waals surface area contributed by atoms with E-state index in [4.69, 9.17) is 0 Å². The second kappa shape index (κ2) is 5.11. The van der Waals surface area contributed by atoms with Crippen LogP contribution in [-0.2, 0) is 11.4 Å². The lowest BCUT2D eigenvalue weighted by atomic mass is 10.5. The molecule has 0 spiro atoms. The van der Waals surface area contributed by atoms with Crippen LogP contribution in [0.4, 0.5) is 13.2 Å².